The van der Waals surface area contributed by atoms with Crippen LogP contribution in [0.15, 0.2) is 36.9 Å². The number of carboxylic acids is 1. The summed E-state index contributed by atoms with van der Waals surface area (Å²) in [4.78, 5) is 23.4. The van der Waals surface area contributed by atoms with Gasteiger partial charge >= 0.3 is 5.97 Å². The van der Waals surface area contributed by atoms with Crippen molar-refractivity contribution in [3.63, 3.8) is 0 Å². The van der Waals surface area contributed by atoms with Crippen molar-refractivity contribution in [3.8, 4) is 0 Å². The van der Waals surface area contributed by atoms with E-state index < -0.39 is 11.9 Å². The summed E-state index contributed by atoms with van der Waals surface area (Å²) in [5.74, 6) is -1.48. The molecule has 0 saturated heterocycles. The number of amides is 1. The molecule has 4 heteroatoms. The maximum absolute atomic E-state index is 11.5. The van der Waals surface area contributed by atoms with Crippen LogP contribution in [0.4, 0.5) is 5.69 Å². The number of rotatable bonds is 5. The molecular formula is C13H15NO3. The van der Waals surface area contributed by atoms with Gasteiger partial charge in [0.25, 0.3) is 5.91 Å². The van der Waals surface area contributed by atoms with E-state index in [9.17, 15) is 9.59 Å². The van der Waals surface area contributed by atoms with Gasteiger partial charge in [0.1, 0.15) is 6.54 Å². The Balaban J connectivity index is 2.99. The Morgan fingerprint density at radius 3 is 2.35 bits per heavy atom. The van der Waals surface area contributed by atoms with E-state index in [1.54, 1.807) is 12.1 Å². The molecule has 0 radical (unpaired) electrons. The Labute approximate surface area is 100 Å². The molecule has 0 saturated carbocycles. The Morgan fingerprint density at radius 1 is 1.35 bits per heavy atom. The summed E-state index contributed by atoms with van der Waals surface area (Å²) in [5.41, 5.74) is 1.70. The zero-order valence-corrected chi connectivity index (χ0v) is 9.72. The largest absolute Gasteiger partial charge is 0.480 e. The lowest BCUT2D eigenvalue weighted by Crippen LogP contribution is -2.34. The highest BCUT2D eigenvalue weighted by molar-refractivity contribution is 6.03. The molecular weight excluding hydrogens is 218 g/mol. The molecule has 0 heterocycles. The van der Waals surface area contributed by atoms with Crippen molar-refractivity contribution in [1.29, 1.82) is 0 Å². The molecule has 0 spiro atoms. The number of carboxylic acid groups (broad SMARTS) is 1. The van der Waals surface area contributed by atoms with Crippen LogP contribution in [-0.4, -0.2) is 23.5 Å². The summed E-state index contributed by atoms with van der Waals surface area (Å²) in [6.45, 7) is 5.03. The van der Waals surface area contributed by atoms with Crippen LogP contribution in [0, 0.1) is 0 Å². The normalized spacial score (nSPS) is 9.71. The lowest BCUT2D eigenvalue weighted by atomic mass is 10.1. The zero-order chi connectivity index (χ0) is 12.8. The van der Waals surface area contributed by atoms with Crippen LogP contribution in [0.3, 0.4) is 0 Å². The van der Waals surface area contributed by atoms with Gasteiger partial charge in [0.05, 0.1) is 0 Å². The summed E-state index contributed by atoms with van der Waals surface area (Å²) in [6, 6.07) is 7.23. The third-order valence-corrected chi connectivity index (χ3v) is 2.39. The number of anilines is 1. The summed E-state index contributed by atoms with van der Waals surface area (Å²) < 4.78 is 0. The number of hydrogen-bond acceptors (Lipinski definition) is 2. The molecule has 90 valence electrons. The van der Waals surface area contributed by atoms with Gasteiger partial charge in [-0.25, -0.2) is 0 Å². The molecule has 0 bridgehead atoms. The van der Waals surface area contributed by atoms with E-state index in [0.29, 0.717) is 5.69 Å². The van der Waals surface area contributed by atoms with Crippen molar-refractivity contribution in [2.75, 3.05) is 11.4 Å². The first-order valence-electron chi connectivity index (χ1n) is 5.33. The number of hydrogen-bond donors (Lipinski definition) is 1. The van der Waals surface area contributed by atoms with E-state index in [4.69, 9.17) is 5.11 Å². The first kappa shape index (κ1) is 13.0. The quantitative estimate of drug-likeness (QED) is 0.789. The molecule has 1 amide bonds. The molecule has 0 fully saturated rings. The molecule has 1 aromatic carbocycles. The van der Waals surface area contributed by atoms with E-state index in [1.807, 2.05) is 19.1 Å². The highest BCUT2D eigenvalue weighted by Crippen LogP contribution is 2.16. The van der Waals surface area contributed by atoms with Crippen molar-refractivity contribution < 1.29 is 14.7 Å². The number of aryl methyl sites for hydroxylation is 1. The minimum absolute atomic E-state index is 0.365. The molecule has 0 aliphatic heterocycles. The van der Waals surface area contributed by atoms with Gasteiger partial charge in [0, 0.05) is 5.69 Å². The van der Waals surface area contributed by atoms with E-state index in [-0.39, 0.29) is 6.54 Å². The Morgan fingerprint density at radius 2 is 1.94 bits per heavy atom. The molecule has 0 aromatic heterocycles. The molecule has 1 N–H and O–H groups in total. The second kappa shape index (κ2) is 5.84. The Kier molecular flexibility index (Phi) is 4.46. The van der Waals surface area contributed by atoms with Crippen LogP contribution < -0.4 is 4.90 Å². The van der Waals surface area contributed by atoms with Crippen LogP contribution in [-0.2, 0) is 16.0 Å². The van der Waals surface area contributed by atoms with Gasteiger partial charge in [-0.15, -0.1) is 0 Å². The maximum Gasteiger partial charge on any atom is 0.323 e. The molecule has 0 aliphatic rings. The van der Waals surface area contributed by atoms with E-state index in [0.717, 1.165) is 18.1 Å². The fourth-order valence-electron chi connectivity index (χ4n) is 1.45. The SMILES string of the molecule is C=CC(=O)N(CC(=O)O)c1ccc(CC)cc1. The van der Waals surface area contributed by atoms with Crippen molar-refractivity contribution >= 4 is 17.6 Å². The van der Waals surface area contributed by atoms with Gasteiger partial charge in [-0.2, -0.15) is 0 Å². The molecule has 17 heavy (non-hydrogen) atoms. The van der Waals surface area contributed by atoms with Gasteiger partial charge < -0.3 is 5.11 Å². The number of nitrogens with zero attached hydrogens (tertiary/aromatic N) is 1. The van der Waals surface area contributed by atoms with Crippen LogP contribution in [0.25, 0.3) is 0 Å². The fraction of sp³-hybridized carbons (Fsp3) is 0.231. The van der Waals surface area contributed by atoms with Gasteiger partial charge in [-0.3, -0.25) is 14.5 Å². The first-order chi connectivity index (χ1) is 8.08. The van der Waals surface area contributed by atoms with E-state index in [2.05, 4.69) is 6.58 Å². The van der Waals surface area contributed by atoms with Crippen LogP contribution in [0.1, 0.15) is 12.5 Å². The summed E-state index contributed by atoms with van der Waals surface area (Å²) in [6.07, 6.45) is 2.01. The lowest BCUT2D eigenvalue weighted by molar-refractivity contribution is -0.136. The smallest absolute Gasteiger partial charge is 0.323 e. The third-order valence-electron chi connectivity index (χ3n) is 2.39. The molecule has 4 nitrogen and oxygen atoms in total. The van der Waals surface area contributed by atoms with Gasteiger partial charge in [-0.1, -0.05) is 25.6 Å². The van der Waals surface area contributed by atoms with Crippen LogP contribution in [0.5, 0.6) is 0 Å². The average Bonchev–Trinajstić information content (AvgIpc) is 2.35. The lowest BCUT2D eigenvalue weighted by Gasteiger charge is -2.19. The van der Waals surface area contributed by atoms with Crippen molar-refractivity contribution in [2.24, 2.45) is 0 Å². The average molecular weight is 233 g/mol. The van der Waals surface area contributed by atoms with Crippen molar-refractivity contribution in [3.05, 3.63) is 42.5 Å². The van der Waals surface area contributed by atoms with Crippen molar-refractivity contribution in [2.45, 2.75) is 13.3 Å². The monoisotopic (exact) mass is 233 g/mol. The highest BCUT2D eigenvalue weighted by Gasteiger charge is 2.15. The van der Waals surface area contributed by atoms with Gasteiger partial charge in [0.2, 0.25) is 0 Å². The standard InChI is InChI=1S/C13H15NO3/c1-3-10-5-7-11(8-6-10)14(9-13(16)17)12(15)4-2/h4-8H,2-3,9H2,1H3,(H,16,17). The summed E-state index contributed by atoms with van der Waals surface area (Å²) in [5, 5.41) is 8.76. The Bertz CT molecular complexity index is 423. The van der Waals surface area contributed by atoms with Crippen LogP contribution >= 0.6 is 0 Å². The molecule has 1 rings (SSSR count). The fourth-order valence-corrected chi connectivity index (χ4v) is 1.45. The molecule has 0 aliphatic carbocycles. The summed E-state index contributed by atoms with van der Waals surface area (Å²) in [7, 11) is 0. The van der Waals surface area contributed by atoms with Gasteiger partial charge in [-0.05, 0) is 30.2 Å². The van der Waals surface area contributed by atoms with Gasteiger partial charge in [0.15, 0.2) is 0 Å². The minimum atomic E-state index is -1.06. The minimum Gasteiger partial charge on any atom is -0.480 e. The second-order valence-corrected chi connectivity index (χ2v) is 3.54. The van der Waals surface area contributed by atoms with Crippen LogP contribution in [0.2, 0.25) is 0 Å². The van der Waals surface area contributed by atoms with Crippen molar-refractivity contribution in [1.82, 2.24) is 0 Å². The number of aliphatic carboxylic acids is 1. The van der Waals surface area contributed by atoms with E-state index >= 15 is 0 Å². The zero-order valence-electron chi connectivity index (χ0n) is 9.72. The molecule has 0 unspecified atom stereocenters. The maximum atomic E-state index is 11.5. The second-order valence-electron chi connectivity index (χ2n) is 3.54. The molecule has 0 atom stereocenters. The first-order valence-corrected chi connectivity index (χ1v) is 5.33. The highest BCUT2D eigenvalue weighted by atomic mass is 16.4. The number of benzene rings is 1. The van der Waals surface area contributed by atoms with E-state index in [1.165, 1.54) is 4.90 Å². The number of carbonyl (C=O) groups is 2. The molecule has 1 aromatic rings. The third kappa shape index (κ3) is 3.45. The Hall–Kier alpha value is -2.10. The number of carbonyl (C=O) groups excluding carboxylic acids is 1. The predicted octanol–water partition coefficient (Wildman–Crippen LogP) is 1.85. The topological polar surface area (TPSA) is 57.6 Å². The summed E-state index contributed by atoms with van der Waals surface area (Å²) >= 11 is 0. The predicted molar refractivity (Wildman–Crippen MR) is 66.0 cm³/mol.